The normalized spacial score (nSPS) is 16.1. The first kappa shape index (κ1) is 17.7. The number of carbonyl (C=O) groups excluding carboxylic acids is 1. The minimum Gasteiger partial charge on any atom is -0.338 e. The molecule has 1 N–H and O–H groups in total. The Labute approximate surface area is 150 Å². The monoisotopic (exact) mass is 356 g/mol. The van der Waals surface area contributed by atoms with E-state index >= 15 is 0 Å². The first-order chi connectivity index (χ1) is 12.6. The fourth-order valence-electron chi connectivity index (χ4n) is 2.91. The second-order valence-electron chi connectivity index (χ2n) is 6.01. The highest BCUT2D eigenvalue weighted by atomic mass is 16.6. The second kappa shape index (κ2) is 7.87. The molecule has 0 spiro atoms. The second-order valence-corrected chi connectivity index (χ2v) is 6.01. The lowest BCUT2D eigenvalue weighted by molar-refractivity contribution is -0.383. The van der Waals surface area contributed by atoms with E-state index in [1.54, 1.807) is 37.5 Å². The molecule has 0 radical (unpaired) electrons. The molecule has 1 aliphatic rings. The first-order valence-corrected chi connectivity index (χ1v) is 8.36. The number of nitrogens with one attached hydrogen (secondary N) is 1. The Morgan fingerprint density at radius 3 is 2.46 bits per heavy atom. The Balaban J connectivity index is 1.59. The molecule has 136 valence electrons. The maximum Gasteiger partial charge on any atom is 0.292 e. The molecule has 9 nitrogen and oxygen atoms in total. The van der Waals surface area contributed by atoms with Crippen molar-refractivity contribution in [3.8, 4) is 0 Å². The number of carbonyl (C=O) groups is 1. The third kappa shape index (κ3) is 3.94. The van der Waals surface area contributed by atoms with Gasteiger partial charge in [0.15, 0.2) is 0 Å². The Kier molecular flexibility index (Phi) is 5.37. The molecule has 1 atom stereocenters. The topological polar surface area (TPSA) is 104 Å². The molecular formula is C17H20N6O3. The zero-order valence-electron chi connectivity index (χ0n) is 14.4. The van der Waals surface area contributed by atoms with Crippen LogP contribution in [0.1, 0.15) is 6.92 Å². The fraction of sp³-hybridized carbons (Fsp3) is 0.353. The van der Waals surface area contributed by atoms with Crippen LogP contribution in [0.15, 0.2) is 42.7 Å². The Morgan fingerprint density at radius 1 is 1.15 bits per heavy atom. The SMILES string of the molecule is C[C@H](C(=O)Nc1ccccc1[N+](=O)[O-])N1CCN(c2ncccn2)CC1. The van der Waals surface area contributed by atoms with Crippen LogP contribution >= 0.6 is 0 Å². The number of hydrogen-bond acceptors (Lipinski definition) is 7. The summed E-state index contributed by atoms with van der Waals surface area (Å²) in [6.45, 7) is 4.60. The van der Waals surface area contributed by atoms with Gasteiger partial charge in [-0.05, 0) is 19.1 Å². The van der Waals surface area contributed by atoms with E-state index in [0.717, 1.165) is 0 Å². The fourth-order valence-corrected chi connectivity index (χ4v) is 2.91. The summed E-state index contributed by atoms with van der Waals surface area (Å²) in [5.41, 5.74) is 0.102. The van der Waals surface area contributed by atoms with Crippen LogP contribution in [0.3, 0.4) is 0 Å². The van der Waals surface area contributed by atoms with Crippen LogP contribution in [0.2, 0.25) is 0 Å². The predicted octanol–water partition coefficient (Wildman–Crippen LogP) is 1.53. The lowest BCUT2D eigenvalue weighted by Crippen LogP contribution is -2.53. The zero-order valence-corrected chi connectivity index (χ0v) is 14.4. The van der Waals surface area contributed by atoms with Gasteiger partial charge in [0.2, 0.25) is 11.9 Å². The van der Waals surface area contributed by atoms with Gasteiger partial charge in [0.1, 0.15) is 5.69 Å². The number of nitro groups is 1. The number of nitrogens with zero attached hydrogens (tertiary/aromatic N) is 5. The number of aromatic nitrogens is 2. The number of piperazine rings is 1. The van der Waals surface area contributed by atoms with Gasteiger partial charge in [-0.15, -0.1) is 0 Å². The van der Waals surface area contributed by atoms with Gasteiger partial charge < -0.3 is 10.2 Å². The quantitative estimate of drug-likeness (QED) is 0.640. The van der Waals surface area contributed by atoms with Crippen LogP contribution in [-0.4, -0.2) is 57.9 Å². The van der Waals surface area contributed by atoms with Crippen molar-refractivity contribution in [1.82, 2.24) is 14.9 Å². The van der Waals surface area contributed by atoms with Gasteiger partial charge in [0.25, 0.3) is 5.69 Å². The van der Waals surface area contributed by atoms with E-state index in [9.17, 15) is 14.9 Å². The van der Waals surface area contributed by atoms with Crippen LogP contribution < -0.4 is 10.2 Å². The molecule has 1 aromatic heterocycles. The molecule has 1 fully saturated rings. The average molecular weight is 356 g/mol. The molecule has 2 heterocycles. The molecule has 26 heavy (non-hydrogen) atoms. The number of hydrogen-bond donors (Lipinski definition) is 1. The lowest BCUT2D eigenvalue weighted by atomic mass is 10.2. The standard InChI is InChI=1S/C17H20N6O3/c1-13(16(24)20-14-5-2-3-6-15(14)23(25)26)21-9-11-22(12-10-21)17-18-7-4-8-19-17/h2-8,13H,9-12H2,1H3,(H,20,24)/t13-/m1/s1. The summed E-state index contributed by atoms with van der Waals surface area (Å²) in [4.78, 5) is 35.7. The Bertz CT molecular complexity index is 777. The molecule has 1 aromatic carbocycles. The molecule has 0 unspecified atom stereocenters. The average Bonchev–Trinajstić information content (AvgIpc) is 2.68. The number of nitro benzene ring substituents is 1. The summed E-state index contributed by atoms with van der Waals surface area (Å²) in [7, 11) is 0. The maximum absolute atomic E-state index is 12.5. The summed E-state index contributed by atoms with van der Waals surface area (Å²) >= 11 is 0. The molecule has 1 amide bonds. The number of para-hydroxylation sites is 2. The van der Waals surface area contributed by atoms with Crippen molar-refractivity contribution in [2.75, 3.05) is 36.4 Å². The van der Waals surface area contributed by atoms with Gasteiger partial charge in [0, 0.05) is 44.6 Å². The number of anilines is 2. The summed E-state index contributed by atoms with van der Waals surface area (Å²) < 4.78 is 0. The van der Waals surface area contributed by atoms with Crippen LogP contribution in [0, 0.1) is 10.1 Å². The Hall–Kier alpha value is -3.07. The molecule has 1 aliphatic heterocycles. The van der Waals surface area contributed by atoms with E-state index in [2.05, 4.69) is 20.2 Å². The van der Waals surface area contributed by atoms with Gasteiger partial charge in [-0.3, -0.25) is 19.8 Å². The number of amides is 1. The van der Waals surface area contributed by atoms with Gasteiger partial charge in [0.05, 0.1) is 11.0 Å². The van der Waals surface area contributed by atoms with Crippen molar-refractivity contribution in [3.63, 3.8) is 0 Å². The summed E-state index contributed by atoms with van der Waals surface area (Å²) in [5.74, 6) is 0.424. The molecule has 3 rings (SSSR count). The molecule has 0 saturated carbocycles. The van der Waals surface area contributed by atoms with Crippen molar-refractivity contribution in [3.05, 3.63) is 52.8 Å². The minimum atomic E-state index is -0.501. The van der Waals surface area contributed by atoms with E-state index in [1.807, 2.05) is 4.90 Å². The van der Waals surface area contributed by atoms with Gasteiger partial charge in [-0.2, -0.15) is 0 Å². The van der Waals surface area contributed by atoms with E-state index in [4.69, 9.17) is 0 Å². The smallest absolute Gasteiger partial charge is 0.292 e. The summed E-state index contributed by atoms with van der Waals surface area (Å²) in [6.07, 6.45) is 3.41. The van der Waals surface area contributed by atoms with Gasteiger partial charge >= 0.3 is 0 Å². The molecule has 0 bridgehead atoms. The number of benzene rings is 1. The van der Waals surface area contributed by atoms with E-state index < -0.39 is 11.0 Å². The van der Waals surface area contributed by atoms with Crippen molar-refractivity contribution >= 4 is 23.2 Å². The maximum atomic E-state index is 12.5. The summed E-state index contributed by atoms with van der Waals surface area (Å²) in [6, 6.07) is 7.52. The van der Waals surface area contributed by atoms with Crippen LogP contribution in [-0.2, 0) is 4.79 Å². The van der Waals surface area contributed by atoms with E-state index in [-0.39, 0.29) is 17.3 Å². The van der Waals surface area contributed by atoms with Crippen molar-refractivity contribution in [2.24, 2.45) is 0 Å². The van der Waals surface area contributed by atoms with Gasteiger partial charge in [-0.25, -0.2) is 9.97 Å². The molecule has 9 heteroatoms. The molecular weight excluding hydrogens is 336 g/mol. The number of rotatable bonds is 5. The van der Waals surface area contributed by atoms with E-state index in [0.29, 0.717) is 32.1 Å². The van der Waals surface area contributed by atoms with Crippen LogP contribution in [0.4, 0.5) is 17.3 Å². The lowest BCUT2D eigenvalue weighted by Gasteiger charge is -2.37. The predicted molar refractivity (Wildman–Crippen MR) is 97.0 cm³/mol. The van der Waals surface area contributed by atoms with Crippen molar-refractivity contribution in [1.29, 1.82) is 0 Å². The van der Waals surface area contributed by atoms with Crippen LogP contribution in [0.25, 0.3) is 0 Å². The highest BCUT2D eigenvalue weighted by Crippen LogP contribution is 2.23. The highest BCUT2D eigenvalue weighted by Gasteiger charge is 2.27. The van der Waals surface area contributed by atoms with Crippen molar-refractivity contribution in [2.45, 2.75) is 13.0 Å². The largest absolute Gasteiger partial charge is 0.338 e. The molecule has 0 aliphatic carbocycles. The highest BCUT2D eigenvalue weighted by molar-refractivity contribution is 5.96. The van der Waals surface area contributed by atoms with Gasteiger partial charge in [-0.1, -0.05) is 12.1 Å². The summed E-state index contributed by atoms with van der Waals surface area (Å²) in [5, 5.41) is 13.7. The molecule has 2 aromatic rings. The van der Waals surface area contributed by atoms with Crippen LogP contribution in [0.5, 0.6) is 0 Å². The third-order valence-electron chi connectivity index (χ3n) is 4.44. The molecule has 1 saturated heterocycles. The first-order valence-electron chi connectivity index (χ1n) is 8.36. The van der Waals surface area contributed by atoms with Crippen molar-refractivity contribution < 1.29 is 9.72 Å². The Morgan fingerprint density at radius 2 is 1.81 bits per heavy atom. The zero-order chi connectivity index (χ0) is 18.5. The minimum absolute atomic E-state index is 0.112. The van der Waals surface area contributed by atoms with E-state index in [1.165, 1.54) is 12.1 Å². The third-order valence-corrected chi connectivity index (χ3v) is 4.44.